The molecule has 0 heterocycles. The molecular formula is C22H36N3O+. The zero-order valence-electron chi connectivity index (χ0n) is 17.1. The minimum absolute atomic E-state index is 0.0237. The predicted octanol–water partition coefficient (Wildman–Crippen LogP) is 3.29. The molecule has 144 valence electrons. The van der Waals surface area contributed by atoms with E-state index in [9.17, 15) is 4.79 Å². The van der Waals surface area contributed by atoms with Gasteiger partial charge in [-0.1, -0.05) is 43.7 Å². The normalized spacial score (nSPS) is 22.8. The van der Waals surface area contributed by atoms with E-state index in [-0.39, 0.29) is 6.03 Å². The van der Waals surface area contributed by atoms with Crippen molar-refractivity contribution in [3.63, 3.8) is 0 Å². The van der Waals surface area contributed by atoms with Crippen LogP contribution in [0.15, 0.2) is 42.0 Å². The van der Waals surface area contributed by atoms with Crippen LogP contribution in [0.5, 0.6) is 0 Å². The summed E-state index contributed by atoms with van der Waals surface area (Å²) in [5, 5.41) is 3.07. The Kier molecular flexibility index (Phi) is 7.70. The first-order chi connectivity index (χ1) is 12.4. The molecule has 1 aliphatic carbocycles. The number of allylic oxidation sites excluding steroid dienone is 2. The van der Waals surface area contributed by atoms with Gasteiger partial charge in [0.25, 0.3) is 0 Å². The van der Waals surface area contributed by atoms with Crippen LogP contribution in [0.1, 0.15) is 33.6 Å². The van der Waals surface area contributed by atoms with Gasteiger partial charge in [0.2, 0.25) is 0 Å². The minimum Gasteiger partial charge on any atom is -0.340 e. The van der Waals surface area contributed by atoms with Crippen LogP contribution >= 0.6 is 0 Å². The molecule has 2 N–H and O–H groups in total. The number of rotatable bonds is 7. The monoisotopic (exact) mass is 358 g/mol. The van der Waals surface area contributed by atoms with E-state index in [1.165, 1.54) is 10.5 Å². The first-order valence-corrected chi connectivity index (χ1v) is 9.94. The Morgan fingerprint density at radius 1 is 1.23 bits per heavy atom. The van der Waals surface area contributed by atoms with Crippen molar-refractivity contribution in [1.82, 2.24) is 4.90 Å². The zero-order chi connectivity index (χ0) is 19.1. The molecule has 1 aromatic carbocycles. The summed E-state index contributed by atoms with van der Waals surface area (Å²) in [7, 11) is 4.32. The number of carbonyl (C=O) groups excluding carboxylic acids is 1. The lowest BCUT2D eigenvalue weighted by atomic mass is 9.75. The van der Waals surface area contributed by atoms with E-state index in [0.29, 0.717) is 17.8 Å². The van der Waals surface area contributed by atoms with E-state index < -0.39 is 0 Å². The van der Waals surface area contributed by atoms with Gasteiger partial charge in [0.15, 0.2) is 0 Å². The highest BCUT2D eigenvalue weighted by molar-refractivity contribution is 5.89. The molecular weight excluding hydrogens is 322 g/mol. The van der Waals surface area contributed by atoms with E-state index in [1.54, 1.807) is 0 Å². The summed E-state index contributed by atoms with van der Waals surface area (Å²) in [4.78, 5) is 16.4. The Morgan fingerprint density at radius 3 is 2.54 bits per heavy atom. The molecule has 3 atom stereocenters. The summed E-state index contributed by atoms with van der Waals surface area (Å²) in [5.74, 6) is 1.65. The third kappa shape index (κ3) is 6.17. The van der Waals surface area contributed by atoms with E-state index in [1.807, 2.05) is 35.2 Å². The van der Waals surface area contributed by atoms with E-state index in [4.69, 9.17) is 0 Å². The second-order valence-corrected chi connectivity index (χ2v) is 8.27. The Morgan fingerprint density at radius 2 is 1.92 bits per heavy atom. The number of nitrogens with zero attached hydrogens (tertiary/aromatic N) is 1. The second-order valence-electron chi connectivity index (χ2n) is 8.27. The first kappa shape index (κ1) is 20.5. The van der Waals surface area contributed by atoms with Gasteiger partial charge in [0, 0.05) is 25.2 Å². The number of nitrogens with one attached hydrogen (secondary N) is 2. The van der Waals surface area contributed by atoms with Gasteiger partial charge in [-0.2, -0.15) is 0 Å². The summed E-state index contributed by atoms with van der Waals surface area (Å²) in [5.41, 5.74) is 2.35. The van der Waals surface area contributed by atoms with Crippen LogP contribution in [0.25, 0.3) is 0 Å². The number of carbonyl (C=O) groups is 1. The molecule has 0 fully saturated rings. The lowest BCUT2D eigenvalue weighted by Crippen LogP contribution is -3.05. The molecule has 2 amide bonds. The highest BCUT2D eigenvalue weighted by Gasteiger charge is 2.30. The van der Waals surface area contributed by atoms with Crippen LogP contribution < -0.4 is 10.2 Å². The minimum atomic E-state index is 0.0237. The number of amides is 2. The van der Waals surface area contributed by atoms with Crippen LogP contribution in [-0.4, -0.2) is 44.7 Å². The summed E-state index contributed by atoms with van der Waals surface area (Å²) in [6, 6.07) is 9.78. The maximum absolute atomic E-state index is 12.9. The second kappa shape index (κ2) is 9.77. The number of urea groups is 1. The van der Waals surface area contributed by atoms with Crippen LogP contribution in [0.3, 0.4) is 0 Å². The summed E-state index contributed by atoms with van der Waals surface area (Å²) in [6.07, 6.45) is 4.56. The number of hydrogen-bond donors (Lipinski definition) is 2. The molecule has 4 nitrogen and oxygen atoms in total. The smallest absolute Gasteiger partial charge is 0.321 e. The molecule has 0 aromatic heterocycles. The lowest BCUT2D eigenvalue weighted by Gasteiger charge is -2.37. The first-order valence-electron chi connectivity index (χ1n) is 9.94. The fourth-order valence-electron chi connectivity index (χ4n) is 4.04. The van der Waals surface area contributed by atoms with Gasteiger partial charge < -0.3 is 15.1 Å². The fourth-order valence-corrected chi connectivity index (χ4v) is 4.04. The predicted molar refractivity (Wildman–Crippen MR) is 110 cm³/mol. The summed E-state index contributed by atoms with van der Waals surface area (Å²) >= 11 is 0. The molecule has 1 aliphatic rings. The number of para-hydroxylation sites is 1. The van der Waals surface area contributed by atoms with Gasteiger partial charge in [0.05, 0.1) is 20.6 Å². The average molecular weight is 359 g/mol. The van der Waals surface area contributed by atoms with Crippen LogP contribution in [0.2, 0.25) is 0 Å². The average Bonchev–Trinajstić information content (AvgIpc) is 2.56. The summed E-state index contributed by atoms with van der Waals surface area (Å²) in [6.45, 7) is 9.55. The third-order valence-electron chi connectivity index (χ3n) is 5.45. The van der Waals surface area contributed by atoms with Crippen molar-refractivity contribution in [1.29, 1.82) is 0 Å². The van der Waals surface area contributed by atoms with Gasteiger partial charge in [-0.05, 0) is 43.2 Å². The van der Waals surface area contributed by atoms with E-state index >= 15 is 0 Å². The Hall–Kier alpha value is -1.81. The SMILES string of the molecule is CC1=C[C@H](C)[C@H](CN(CCC[NH+](C)C)C(=O)Nc2ccccc2)[C@H](C)C1. The largest absolute Gasteiger partial charge is 0.340 e. The molecule has 2 rings (SSSR count). The molecule has 0 aliphatic heterocycles. The molecule has 0 saturated carbocycles. The van der Waals surface area contributed by atoms with Crippen molar-refractivity contribution in [2.45, 2.75) is 33.6 Å². The lowest BCUT2D eigenvalue weighted by molar-refractivity contribution is -0.858. The Bertz CT molecular complexity index is 597. The van der Waals surface area contributed by atoms with Crippen LogP contribution in [0.4, 0.5) is 10.5 Å². The molecule has 1 aromatic rings. The van der Waals surface area contributed by atoms with Crippen molar-refractivity contribution in [3.8, 4) is 0 Å². The van der Waals surface area contributed by atoms with Gasteiger partial charge in [-0.25, -0.2) is 4.79 Å². The molecule has 4 heteroatoms. The van der Waals surface area contributed by atoms with Gasteiger partial charge in [-0.3, -0.25) is 0 Å². The summed E-state index contributed by atoms with van der Waals surface area (Å²) < 4.78 is 0. The molecule has 0 unspecified atom stereocenters. The van der Waals surface area contributed by atoms with Crippen molar-refractivity contribution >= 4 is 11.7 Å². The quantitative estimate of drug-likeness (QED) is 0.721. The van der Waals surface area contributed by atoms with Crippen LogP contribution in [0, 0.1) is 17.8 Å². The molecule has 0 bridgehead atoms. The number of hydrogen-bond acceptors (Lipinski definition) is 1. The van der Waals surface area contributed by atoms with Crippen molar-refractivity contribution in [2.75, 3.05) is 39.0 Å². The molecule has 26 heavy (non-hydrogen) atoms. The topological polar surface area (TPSA) is 36.8 Å². The van der Waals surface area contributed by atoms with Crippen molar-refractivity contribution in [3.05, 3.63) is 42.0 Å². The molecule has 0 saturated heterocycles. The number of quaternary nitrogens is 1. The number of anilines is 1. The van der Waals surface area contributed by atoms with E-state index in [0.717, 1.165) is 38.2 Å². The van der Waals surface area contributed by atoms with Gasteiger partial charge in [-0.15, -0.1) is 0 Å². The highest BCUT2D eigenvalue weighted by atomic mass is 16.2. The maximum Gasteiger partial charge on any atom is 0.321 e. The fraction of sp³-hybridized carbons (Fsp3) is 0.591. The standard InChI is InChI=1S/C22H35N3O/c1-17-14-18(2)21(19(3)15-17)16-25(13-9-12-24(4)5)22(26)23-20-10-7-6-8-11-20/h6-8,10-11,14,18-19,21H,9,12-13,15-16H2,1-5H3,(H,23,26)/p+1/t18-,19+,21-/m0/s1. The molecule has 0 radical (unpaired) electrons. The van der Waals surface area contributed by atoms with Gasteiger partial charge in [0.1, 0.15) is 0 Å². The van der Waals surface area contributed by atoms with Crippen molar-refractivity contribution < 1.29 is 9.69 Å². The third-order valence-corrected chi connectivity index (χ3v) is 5.45. The molecule has 0 spiro atoms. The zero-order valence-corrected chi connectivity index (χ0v) is 17.1. The Labute approximate surface area is 159 Å². The highest BCUT2D eigenvalue weighted by Crippen LogP contribution is 2.34. The van der Waals surface area contributed by atoms with Gasteiger partial charge >= 0.3 is 6.03 Å². The number of benzene rings is 1. The van der Waals surface area contributed by atoms with Crippen molar-refractivity contribution in [2.24, 2.45) is 17.8 Å². The van der Waals surface area contributed by atoms with E-state index in [2.05, 4.69) is 46.3 Å². The maximum atomic E-state index is 12.9. The Balaban J connectivity index is 2.06. The van der Waals surface area contributed by atoms with Crippen LogP contribution in [-0.2, 0) is 0 Å².